The number of ether oxygens (including phenoxy) is 1. The SMILES string of the molecule is C/C=C/C(=O)OCC(=O)Nc1c(Cl)cc(S(N)(=O)=O)cc1Cl. The highest BCUT2D eigenvalue weighted by Gasteiger charge is 2.16. The lowest BCUT2D eigenvalue weighted by Gasteiger charge is -2.10. The Balaban J connectivity index is 2.86. The molecule has 7 nitrogen and oxygen atoms in total. The molecule has 0 aliphatic rings. The third kappa shape index (κ3) is 5.30. The predicted octanol–water partition coefficient (Wildman–Crippen LogP) is 1.70. The molecule has 0 aromatic heterocycles. The maximum absolute atomic E-state index is 11.6. The van der Waals surface area contributed by atoms with E-state index in [9.17, 15) is 18.0 Å². The van der Waals surface area contributed by atoms with E-state index in [1.165, 1.54) is 6.08 Å². The number of benzene rings is 1. The van der Waals surface area contributed by atoms with Crippen LogP contribution in [-0.2, 0) is 24.3 Å². The van der Waals surface area contributed by atoms with Gasteiger partial charge in [-0.05, 0) is 19.1 Å². The van der Waals surface area contributed by atoms with Crippen LogP contribution in [0.3, 0.4) is 0 Å². The number of amides is 1. The number of carbonyl (C=O) groups excluding carboxylic acids is 2. The Labute approximate surface area is 137 Å². The number of halogens is 2. The van der Waals surface area contributed by atoms with Crippen molar-refractivity contribution in [3.63, 3.8) is 0 Å². The molecule has 0 atom stereocenters. The summed E-state index contributed by atoms with van der Waals surface area (Å²) in [6.07, 6.45) is 2.61. The van der Waals surface area contributed by atoms with E-state index in [-0.39, 0.29) is 20.6 Å². The summed E-state index contributed by atoms with van der Waals surface area (Å²) in [4.78, 5) is 22.4. The van der Waals surface area contributed by atoms with E-state index in [0.29, 0.717) is 0 Å². The molecule has 120 valence electrons. The van der Waals surface area contributed by atoms with Crippen molar-refractivity contribution in [3.8, 4) is 0 Å². The lowest BCUT2D eigenvalue weighted by molar-refractivity contribution is -0.142. The summed E-state index contributed by atoms with van der Waals surface area (Å²) in [5.41, 5.74) is -0.0113. The van der Waals surface area contributed by atoms with Gasteiger partial charge in [-0.25, -0.2) is 18.4 Å². The van der Waals surface area contributed by atoms with E-state index in [4.69, 9.17) is 28.3 Å². The Morgan fingerprint density at radius 3 is 2.32 bits per heavy atom. The molecule has 0 aliphatic carbocycles. The third-order valence-electron chi connectivity index (χ3n) is 2.26. The molecule has 0 fully saturated rings. The Bertz CT molecular complexity index is 708. The molecule has 0 saturated carbocycles. The van der Waals surface area contributed by atoms with E-state index in [1.54, 1.807) is 6.92 Å². The number of rotatable bonds is 5. The average molecular weight is 367 g/mol. The zero-order valence-corrected chi connectivity index (χ0v) is 13.6. The predicted molar refractivity (Wildman–Crippen MR) is 82.2 cm³/mol. The van der Waals surface area contributed by atoms with Crippen molar-refractivity contribution in [2.75, 3.05) is 11.9 Å². The van der Waals surface area contributed by atoms with Gasteiger partial charge in [0.2, 0.25) is 10.0 Å². The minimum absolute atomic E-state index is 0.0113. The normalized spacial score (nSPS) is 11.5. The summed E-state index contributed by atoms with van der Waals surface area (Å²) in [5, 5.41) is 7.03. The van der Waals surface area contributed by atoms with Crippen LogP contribution in [0.15, 0.2) is 29.2 Å². The number of esters is 1. The molecule has 10 heteroatoms. The number of carbonyl (C=O) groups is 2. The van der Waals surface area contributed by atoms with E-state index < -0.39 is 28.5 Å². The van der Waals surface area contributed by atoms with Crippen LogP contribution in [0.25, 0.3) is 0 Å². The van der Waals surface area contributed by atoms with Gasteiger partial charge in [-0.1, -0.05) is 29.3 Å². The molecule has 0 radical (unpaired) electrons. The Morgan fingerprint density at radius 2 is 1.86 bits per heavy atom. The van der Waals surface area contributed by atoms with Crippen molar-refractivity contribution < 1.29 is 22.7 Å². The topological polar surface area (TPSA) is 116 Å². The van der Waals surface area contributed by atoms with Crippen LogP contribution in [0.5, 0.6) is 0 Å². The van der Waals surface area contributed by atoms with Gasteiger partial charge in [0.25, 0.3) is 5.91 Å². The zero-order chi connectivity index (χ0) is 16.9. The standard InChI is InChI=1S/C12H12Cl2N2O5S/c1-2-3-11(18)21-6-10(17)16-12-8(13)4-7(5-9(12)14)22(15,19)20/h2-5H,6H2,1H3,(H,16,17)(H2,15,19,20)/b3-2+. The van der Waals surface area contributed by atoms with Crippen LogP contribution in [0, 0.1) is 0 Å². The number of allylic oxidation sites excluding steroid dienone is 1. The second-order valence-electron chi connectivity index (χ2n) is 3.96. The van der Waals surface area contributed by atoms with Crippen molar-refractivity contribution in [2.24, 2.45) is 5.14 Å². The molecule has 0 aliphatic heterocycles. The Morgan fingerprint density at radius 1 is 1.32 bits per heavy atom. The number of sulfonamides is 1. The van der Waals surface area contributed by atoms with Crippen LogP contribution in [-0.4, -0.2) is 26.9 Å². The first-order chi connectivity index (χ1) is 10.1. The molecule has 3 N–H and O–H groups in total. The van der Waals surface area contributed by atoms with Crippen molar-refractivity contribution >= 4 is 50.8 Å². The van der Waals surface area contributed by atoms with E-state index in [2.05, 4.69) is 10.1 Å². The fourth-order valence-electron chi connectivity index (χ4n) is 1.33. The molecule has 0 saturated heterocycles. The van der Waals surface area contributed by atoms with Crippen LogP contribution in [0.1, 0.15) is 6.92 Å². The van der Waals surface area contributed by atoms with Gasteiger partial charge in [-0.3, -0.25) is 4.79 Å². The fourth-order valence-corrected chi connectivity index (χ4v) is 2.61. The summed E-state index contributed by atoms with van der Waals surface area (Å²) >= 11 is 11.7. The van der Waals surface area contributed by atoms with E-state index in [1.807, 2.05) is 0 Å². The van der Waals surface area contributed by atoms with Gasteiger partial charge in [0.1, 0.15) is 0 Å². The second kappa shape index (κ2) is 7.59. The van der Waals surface area contributed by atoms with E-state index in [0.717, 1.165) is 18.2 Å². The van der Waals surface area contributed by atoms with Gasteiger partial charge in [0, 0.05) is 6.08 Å². The minimum atomic E-state index is -3.98. The zero-order valence-electron chi connectivity index (χ0n) is 11.3. The van der Waals surface area contributed by atoms with Crippen LogP contribution < -0.4 is 10.5 Å². The van der Waals surface area contributed by atoms with Gasteiger partial charge in [0.15, 0.2) is 6.61 Å². The first-order valence-electron chi connectivity index (χ1n) is 5.76. The second-order valence-corrected chi connectivity index (χ2v) is 6.34. The number of hydrogen-bond donors (Lipinski definition) is 2. The third-order valence-corrected chi connectivity index (χ3v) is 3.75. The summed E-state index contributed by atoms with van der Waals surface area (Å²) in [7, 11) is -3.98. The molecule has 22 heavy (non-hydrogen) atoms. The molecule has 0 spiro atoms. The van der Waals surface area contributed by atoms with Gasteiger partial charge >= 0.3 is 5.97 Å². The molecule has 0 bridgehead atoms. The molecular formula is C12H12Cl2N2O5S. The Kier molecular flexibility index (Phi) is 6.36. The largest absolute Gasteiger partial charge is 0.452 e. The highest BCUT2D eigenvalue weighted by atomic mass is 35.5. The molecule has 1 aromatic carbocycles. The highest BCUT2D eigenvalue weighted by Crippen LogP contribution is 2.33. The monoisotopic (exact) mass is 366 g/mol. The van der Waals surface area contributed by atoms with Crippen molar-refractivity contribution in [2.45, 2.75) is 11.8 Å². The summed E-state index contributed by atoms with van der Waals surface area (Å²) < 4.78 is 27.1. The summed E-state index contributed by atoms with van der Waals surface area (Å²) in [6, 6.07) is 2.09. The maximum Gasteiger partial charge on any atom is 0.330 e. The quantitative estimate of drug-likeness (QED) is 0.607. The molecule has 0 unspecified atom stereocenters. The first-order valence-corrected chi connectivity index (χ1v) is 8.06. The smallest absolute Gasteiger partial charge is 0.330 e. The van der Waals surface area contributed by atoms with Crippen molar-refractivity contribution in [1.29, 1.82) is 0 Å². The average Bonchev–Trinajstić information content (AvgIpc) is 2.39. The number of primary sulfonamides is 1. The van der Waals surface area contributed by atoms with Gasteiger partial charge in [-0.2, -0.15) is 0 Å². The van der Waals surface area contributed by atoms with Crippen LogP contribution >= 0.6 is 23.2 Å². The van der Waals surface area contributed by atoms with Gasteiger partial charge in [0.05, 0.1) is 20.6 Å². The van der Waals surface area contributed by atoms with E-state index >= 15 is 0 Å². The number of nitrogens with two attached hydrogens (primary N) is 1. The van der Waals surface area contributed by atoms with Crippen molar-refractivity contribution in [3.05, 3.63) is 34.3 Å². The molecule has 1 rings (SSSR count). The summed E-state index contributed by atoms with van der Waals surface area (Å²) in [6.45, 7) is 1.07. The lowest BCUT2D eigenvalue weighted by atomic mass is 10.3. The minimum Gasteiger partial charge on any atom is -0.452 e. The molecule has 0 heterocycles. The summed E-state index contributed by atoms with van der Waals surface area (Å²) in [5.74, 6) is -1.37. The van der Waals surface area contributed by atoms with Gasteiger partial charge in [-0.15, -0.1) is 0 Å². The lowest BCUT2D eigenvalue weighted by Crippen LogP contribution is -2.21. The number of nitrogens with one attached hydrogen (secondary N) is 1. The van der Waals surface area contributed by atoms with Crippen molar-refractivity contribution in [1.82, 2.24) is 0 Å². The highest BCUT2D eigenvalue weighted by molar-refractivity contribution is 7.89. The number of anilines is 1. The molecular weight excluding hydrogens is 355 g/mol. The van der Waals surface area contributed by atoms with Gasteiger partial charge < -0.3 is 10.1 Å². The Hall–Kier alpha value is -1.61. The molecule has 1 aromatic rings. The first kappa shape index (κ1) is 18.4. The maximum atomic E-state index is 11.6. The molecule has 1 amide bonds. The number of hydrogen-bond acceptors (Lipinski definition) is 5. The van der Waals surface area contributed by atoms with Crippen LogP contribution in [0.4, 0.5) is 5.69 Å². The fraction of sp³-hybridized carbons (Fsp3) is 0.167. The van der Waals surface area contributed by atoms with Crippen LogP contribution in [0.2, 0.25) is 10.0 Å².